The van der Waals surface area contributed by atoms with E-state index in [4.69, 9.17) is 0 Å². The number of nitrogens with one attached hydrogen (secondary N) is 1. The first-order valence-electron chi connectivity index (χ1n) is 6.26. The number of hydrogen-bond acceptors (Lipinski definition) is 1. The molecule has 2 heteroatoms. The lowest BCUT2D eigenvalue weighted by Gasteiger charge is -2.20. The number of hydrogen-bond donors (Lipinski definition) is 1. The van der Waals surface area contributed by atoms with E-state index in [0.29, 0.717) is 0 Å². The summed E-state index contributed by atoms with van der Waals surface area (Å²) in [5, 5.41) is 3.54. The van der Waals surface area contributed by atoms with Crippen LogP contribution < -0.4 is 5.32 Å². The summed E-state index contributed by atoms with van der Waals surface area (Å²) in [6, 6.07) is 2.32. The first kappa shape index (κ1) is 13.3. The second kappa shape index (κ2) is 5.05. The fourth-order valence-corrected chi connectivity index (χ4v) is 2.18. The van der Waals surface area contributed by atoms with Crippen LogP contribution in [0.1, 0.15) is 44.6 Å². The summed E-state index contributed by atoms with van der Waals surface area (Å²) in [7, 11) is 0. The Morgan fingerprint density at radius 2 is 1.88 bits per heavy atom. The van der Waals surface area contributed by atoms with Crippen molar-refractivity contribution in [1.82, 2.24) is 9.88 Å². The third-order valence-electron chi connectivity index (χ3n) is 3.04. The van der Waals surface area contributed by atoms with Crippen molar-refractivity contribution in [2.75, 3.05) is 6.54 Å². The van der Waals surface area contributed by atoms with Gasteiger partial charge >= 0.3 is 0 Å². The first-order chi connectivity index (χ1) is 7.35. The summed E-state index contributed by atoms with van der Waals surface area (Å²) in [4.78, 5) is 0. The monoisotopic (exact) mass is 222 g/mol. The van der Waals surface area contributed by atoms with Gasteiger partial charge in [0.1, 0.15) is 0 Å². The molecule has 2 nitrogen and oxygen atoms in total. The fourth-order valence-electron chi connectivity index (χ4n) is 2.18. The van der Waals surface area contributed by atoms with Crippen LogP contribution in [0, 0.1) is 13.8 Å². The minimum Gasteiger partial charge on any atom is -0.349 e. The molecule has 1 heterocycles. The molecule has 0 bridgehead atoms. The molecule has 1 aromatic heterocycles. The van der Waals surface area contributed by atoms with Crippen LogP contribution in [0.15, 0.2) is 6.07 Å². The molecule has 0 unspecified atom stereocenters. The Morgan fingerprint density at radius 3 is 2.31 bits per heavy atom. The normalized spacial score (nSPS) is 12.1. The zero-order valence-corrected chi connectivity index (χ0v) is 11.6. The fraction of sp³-hybridized carbons (Fsp3) is 0.714. The molecule has 0 aliphatic carbocycles. The molecular weight excluding hydrogens is 196 g/mol. The molecule has 0 aliphatic heterocycles. The predicted octanol–water partition coefficient (Wildman–Crippen LogP) is 3.06. The van der Waals surface area contributed by atoms with Gasteiger partial charge in [-0.3, -0.25) is 0 Å². The van der Waals surface area contributed by atoms with Crippen molar-refractivity contribution < 1.29 is 0 Å². The van der Waals surface area contributed by atoms with Crippen LogP contribution in [0.25, 0.3) is 0 Å². The van der Waals surface area contributed by atoms with E-state index in [0.717, 1.165) is 19.5 Å². The maximum Gasteiger partial charge on any atom is 0.0196 e. The Kier molecular flexibility index (Phi) is 4.20. The lowest BCUT2D eigenvalue weighted by molar-refractivity contribution is 0.429. The molecular formula is C14H26N2. The van der Waals surface area contributed by atoms with Crippen molar-refractivity contribution in [3.63, 3.8) is 0 Å². The second-order valence-electron chi connectivity index (χ2n) is 5.57. The van der Waals surface area contributed by atoms with E-state index < -0.39 is 0 Å². The van der Waals surface area contributed by atoms with Crippen molar-refractivity contribution in [3.05, 3.63) is 23.0 Å². The average molecular weight is 222 g/mol. The van der Waals surface area contributed by atoms with Gasteiger partial charge in [-0.1, -0.05) is 0 Å². The maximum absolute atomic E-state index is 3.54. The van der Waals surface area contributed by atoms with E-state index in [2.05, 4.69) is 57.5 Å². The predicted molar refractivity (Wildman–Crippen MR) is 71.0 cm³/mol. The minimum atomic E-state index is 0.219. The summed E-state index contributed by atoms with van der Waals surface area (Å²) < 4.78 is 2.38. The molecule has 0 spiro atoms. The Balaban J connectivity index is 2.61. The van der Waals surface area contributed by atoms with Gasteiger partial charge in [-0.15, -0.1) is 0 Å². The lowest BCUT2D eigenvalue weighted by atomic mass is 10.1. The molecule has 0 fully saturated rings. The van der Waals surface area contributed by atoms with Gasteiger partial charge in [0.2, 0.25) is 0 Å². The number of nitrogens with zero attached hydrogens (tertiary/aromatic N) is 1. The highest BCUT2D eigenvalue weighted by Gasteiger charge is 2.10. The third kappa shape index (κ3) is 3.38. The van der Waals surface area contributed by atoms with Gasteiger partial charge in [0, 0.05) is 23.5 Å². The van der Waals surface area contributed by atoms with Gasteiger partial charge < -0.3 is 9.88 Å². The van der Waals surface area contributed by atoms with E-state index in [1.807, 2.05) is 0 Å². The Morgan fingerprint density at radius 1 is 1.25 bits per heavy atom. The molecule has 16 heavy (non-hydrogen) atoms. The van der Waals surface area contributed by atoms with Gasteiger partial charge in [0.05, 0.1) is 0 Å². The van der Waals surface area contributed by atoms with Crippen LogP contribution in [-0.2, 0) is 13.0 Å². The lowest BCUT2D eigenvalue weighted by Crippen LogP contribution is -2.37. The van der Waals surface area contributed by atoms with Crippen LogP contribution >= 0.6 is 0 Å². The summed E-state index contributed by atoms with van der Waals surface area (Å²) in [6.07, 6.45) is 1.12. The van der Waals surface area contributed by atoms with E-state index in [-0.39, 0.29) is 5.54 Å². The Hall–Kier alpha value is -0.760. The highest BCUT2D eigenvalue weighted by atomic mass is 15.0. The molecule has 0 radical (unpaired) electrons. The van der Waals surface area contributed by atoms with Crippen molar-refractivity contribution in [1.29, 1.82) is 0 Å². The molecule has 1 rings (SSSR count). The molecule has 0 aliphatic rings. The molecule has 1 N–H and O–H groups in total. The van der Waals surface area contributed by atoms with Crippen LogP contribution in [0.3, 0.4) is 0 Å². The maximum atomic E-state index is 3.54. The Bertz CT molecular complexity index is 342. The van der Waals surface area contributed by atoms with Gasteiger partial charge in [0.25, 0.3) is 0 Å². The summed E-state index contributed by atoms with van der Waals surface area (Å²) in [5.41, 5.74) is 4.51. The highest BCUT2D eigenvalue weighted by molar-refractivity contribution is 5.27. The van der Waals surface area contributed by atoms with E-state index in [1.54, 1.807) is 0 Å². The first-order valence-corrected chi connectivity index (χ1v) is 6.26. The molecule has 0 atom stereocenters. The molecule has 1 aromatic rings. The standard InChI is InChI=1S/C14H26N2/c1-7-16-11(2)10-13(12(16)3)8-9-15-14(4,5)6/h10,15H,7-9H2,1-6H3. The van der Waals surface area contributed by atoms with Gasteiger partial charge in [0.15, 0.2) is 0 Å². The van der Waals surface area contributed by atoms with Crippen molar-refractivity contribution >= 4 is 0 Å². The van der Waals surface area contributed by atoms with Crippen LogP contribution in [0.2, 0.25) is 0 Å². The third-order valence-corrected chi connectivity index (χ3v) is 3.04. The van der Waals surface area contributed by atoms with E-state index >= 15 is 0 Å². The van der Waals surface area contributed by atoms with Crippen molar-refractivity contribution in [2.45, 2.75) is 60.0 Å². The number of aryl methyl sites for hydroxylation is 1. The molecule has 0 saturated carbocycles. The van der Waals surface area contributed by atoms with Crippen LogP contribution in [0.5, 0.6) is 0 Å². The largest absolute Gasteiger partial charge is 0.349 e. The van der Waals surface area contributed by atoms with Crippen molar-refractivity contribution in [3.8, 4) is 0 Å². The Labute approximate surface area is 100 Å². The van der Waals surface area contributed by atoms with Gasteiger partial charge in [-0.2, -0.15) is 0 Å². The molecule has 0 amide bonds. The highest BCUT2D eigenvalue weighted by Crippen LogP contribution is 2.15. The number of rotatable bonds is 4. The van der Waals surface area contributed by atoms with E-state index in [1.165, 1.54) is 17.0 Å². The SMILES string of the molecule is CCn1c(C)cc(CCNC(C)(C)C)c1C. The average Bonchev–Trinajstić information content (AvgIpc) is 2.40. The topological polar surface area (TPSA) is 17.0 Å². The zero-order chi connectivity index (χ0) is 12.3. The second-order valence-corrected chi connectivity index (χ2v) is 5.57. The van der Waals surface area contributed by atoms with E-state index in [9.17, 15) is 0 Å². The molecule has 0 saturated heterocycles. The van der Waals surface area contributed by atoms with Crippen LogP contribution in [-0.4, -0.2) is 16.7 Å². The quantitative estimate of drug-likeness (QED) is 0.828. The smallest absolute Gasteiger partial charge is 0.0196 e. The summed E-state index contributed by atoms with van der Waals surface area (Å²) >= 11 is 0. The summed E-state index contributed by atoms with van der Waals surface area (Å²) in [5.74, 6) is 0. The molecule has 92 valence electrons. The van der Waals surface area contributed by atoms with Crippen LogP contribution in [0.4, 0.5) is 0 Å². The zero-order valence-electron chi connectivity index (χ0n) is 11.6. The van der Waals surface area contributed by atoms with Gasteiger partial charge in [-0.05, 0) is 66.1 Å². The minimum absolute atomic E-state index is 0.219. The number of aromatic nitrogens is 1. The summed E-state index contributed by atoms with van der Waals surface area (Å²) in [6.45, 7) is 15.4. The van der Waals surface area contributed by atoms with Crippen molar-refractivity contribution in [2.24, 2.45) is 0 Å². The van der Waals surface area contributed by atoms with Gasteiger partial charge in [-0.25, -0.2) is 0 Å². The molecule has 0 aromatic carbocycles.